The number of nitro benzene ring substituents is 1. The molecule has 2 aliphatic heterocycles. The summed E-state index contributed by atoms with van der Waals surface area (Å²) in [5, 5.41) is 27.0. The number of likely N-dealkylation sites (tertiary alicyclic amines) is 1. The van der Waals surface area contributed by atoms with E-state index < -0.39 is 14.9 Å². The van der Waals surface area contributed by atoms with E-state index in [0.717, 1.165) is 87.4 Å². The van der Waals surface area contributed by atoms with Crippen LogP contribution in [0.15, 0.2) is 131 Å². The lowest BCUT2D eigenvalue weighted by molar-refractivity contribution is -0.384. The summed E-state index contributed by atoms with van der Waals surface area (Å²) in [5.41, 5.74) is 5.03. The average molecular weight is 894 g/mol. The number of sulfonamides is 1. The zero-order valence-electron chi connectivity index (χ0n) is 34.1. The summed E-state index contributed by atoms with van der Waals surface area (Å²) in [6.45, 7) is 6.50. The van der Waals surface area contributed by atoms with Gasteiger partial charge in [0.2, 0.25) is 0 Å². The first-order valence-electron chi connectivity index (χ1n) is 20.8. The van der Waals surface area contributed by atoms with Gasteiger partial charge in [-0.2, -0.15) is 0 Å². The molecule has 0 saturated carbocycles. The predicted octanol–water partition coefficient (Wildman–Crippen LogP) is 8.40. The molecular weight excluding hydrogens is 844 g/mol. The summed E-state index contributed by atoms with van der Waals surface area (Å²) in [4.78, 5) is 28.5. The first-order chi connectivity index (χ1) is 30.1. The van der Waals surface area contributed by atoms with Crippen LogP contribution in [0.2, 0.25) is 5.02 Å². The van der Waals surface area contributed by atoms with Gasteiger partial charge in [0, 0.05) is 91.2 Å². The number of nitrogens with one attached hydrogen (secondary N) is 2. The highest BCUT2D eigenvalue weighted by atomic mass is 35.5. The number of benzene rings is 5. The molecule has 16 heteroatoms. The van der Waals surface area contributed by atoms with Crippen molar-refractivity contribution in [1.82, 2.24) is 19.8 Å². The molecule has 0 aliphatic carbocycles. The number of piperazine rings is 1. The minimum absolute atomic E-state index is 0.0822. The van der Waals surface area contributed by atoms with E-state index in [1.165, 1.54) is 29.6 Å². The van der Waals surface area contributed by atoms with Gasteiger partial charge in [-0.05, 0) is 90.6 Å². The number of nitrogens with zero attached hydrogens (tertiary/aromatic N) is 6. The van der Waals surface area contributed by atoms with Gasteiger partial charge in [0.05, 0.1) is 21.4 Å². The second kappa shape index (κ2) is 19.8. The van der Waals surface area contributed by atoms with E-state index in [-0.39, 0.29) is 34.2 Å². The second-order valence-electron chi connectivity index (χ2n) is 15.7. The lowest BCUT2D eigenvalue weighted by atomic mass is 9.99. The molecule has 2 fully saturated rings. The Morgan fingerprint density at radius 2 is 1.60 bits per heavy atom. The Hall–Kier alpha value is -5.29. The number of halogens is 1. The number of aliphatic hydroxyl groups is 1. The predicted molar refractivity (Wildman–Crippen MR) is 249 cm³/mol. The van der Waals surface area contributed by atoms with E-state index in [4.69, 9.17) is 11.6 Å². The summed E-state index contributed by atoms with van der Waals surface area (Å²) in [5.74, 6) is 0.720. The van der Waals surface area contributed by atoms with E-state index >= 15 is 0 Å². The Labute approximate surface area is 371 Å². The van der Waals surface area contributed by atoms with Crippen molar-refractivity contribution in [1.29, 1.82) is 0 Å². The first kappa shape index (κ1) is 43.4. The van der Waals surface area contributed by atoms with Crippen molar-refractivity contribution < 1.29 is 18.4 Å². The maximum absolute atomic E-state index is 13.8. The summed E-state index contributed by atoms with van der Waals surface area (Å²) in [6.07, 6.45) is 3.19. The molecule has 1 unspecified atom stereocenters. The van der Waals surface area contributed by atoms with Crippen LogP contribution in [-0.2, 0) is 16.6 Å². The Morgan fingerprint density at radius 3 is 2.35 bits per heavy atom. The standard InChI is InChI=1S/C46H49ClN8O5S2/c47-35-12-10-33(11-13-35)41-9-5-4-6-34(41)30-53-24-26-54(27-25-53)37-14-16-42-44(28-37)48-32-49-46(42)51-62(59,60)40-15-17-43(45(29-40)55(57)58)50-36(31-61-39-7-2-1-3-8-39)18-21-52-22-19-38(56)20-23-52/h1-17,28-29,32,36,38,50,56H,18-27,30-31H2,(H,48,49,51). The number of hydrogen-bond donors (Lipinski definition) is 3. The lowest BCUT2D eigenvalue weighted by Gasteiger charge is -2.36. The highest BCUT2D eigenvalue weighted by molar-refractivity contribution is 7.99. The number of thioether (sulfide) groups is 1. The molecule has 13 nitrogen and oxygen atoms in total. The van der Waals surface area contributed by atoms with Crippen molar-refractivity contribution >= 4 is 67.2 Å². The number of hydrogen-bond acceptors (Lipinski definition) is 12. The highest BCUT2D eigenvalue weighted by Crippen LogP contribution is 2.33. The monoisotopic (exact) mass is 892 g/mol. The molecular formula is C46H49ClN8O5S2. The SMILES string of the molecule is O=[N+]([O-])c1cc(S(=O)(=O)Nc2ncnc3cc(N4CCN(Cc5ccccc5-c5ccc(Cl)cc5)CC4)ccc23)ccc1NC(CCN1CCC(O)CC1)CSc1ccccc1. The number of fused-ring (bicyclic) bond motifs is 1. The van der Waals surface area contributed by atoms with Crippen molar-refractivity contribution in [2.75, 3.05) is 66.5 Å². The summed E-state index contributed by atoms with van der Waals surface area (Å²) >= 11 is 7.80. The Kier molecular flexibility index (Phi) is 13.9. The van der Waals surface area contributed by atoms with E-state index in [2.05, 4.69) is 71.1 Å². The molecule has 2 saturated heterocycles. The van der Waals surface area contributed by atoms with E-state index in [1.807, 2.05) is 60.7 Å². The zero-order chi connectivity index (χ0) is 43.1. The maximum Gasteiger partial charge on any atom is 0.293 e. The van der Waals surface area contributed by atoms with Gasteiger partial charge >= 0.3 is 0 Å². The van der Waals surface area contributed by atoms with Crippen LogP contribution in [-0.4, -0.2) is 102 Å². The Bertz CT molecular complexity index is 2590. The molecule has 6 aromatic rings. The van der Waals surface area contributed by atoms with Crippen molar-refractivity contribution in [2.45, 2.75) is 47.7 Å². The van der Waals surface area contributed by atoms with Gasteiger partial charge < -0.3 is 20.2 Å². The number of piperidine rings is 1. The quantitative estimate of drug-likeness (QED) is 0.0485. The van der Waals surface area contributed by atoms with Gasteiger partial charge in [-0.1, -0.05) is 66.2 Å². The molecule has 1 atom stereocenters. The van der Waals surface area contributed by atoms with Crippen molar-refractivity contribution in [2.24, 2.45) is 0 Å². The van der Waals surface area contributed by atoms with Gasteiger partial charge in [0.15, 0.2) is 5.82 Å². The fourth-order valence-electron chi connectivity index (χ4n) is 8.05. The molecule has 0 amide bonds. The van der Waals surface area contributed by atoms with Crippen molar-refractivity contribution in [3.05, 3.63) is 142 Å². The third-order valence-electron chi connectivity index (χ3n) is 11.5. The van der Waals surface area contributed by atoms with Crippen LogP contribution in [0.1, 0.15) is 24.8 Å². The van der Waals surface area contributed by atoms with Crippen LogP contribution in [0.4, 0.5) is 22.9 Å². The molecule has 0 spiro atoms. The zero-order valence-corrected chi connectivity index (χ0v) is 36.5. The molecule has 2 aliphatic rings. The van der Waals surface area contributed by atoms with Gasteiger partial charge in [-0.15, -0.1) is 11.8 Å². The fraction of sp³-hybridized carbons (Fsp3) is 0.304. The lowest BCUT2D eigenvalue weighted by Crippen LogP contribution is -2.46. The molecule has 0 radical (unpaired) electrons. The summed E-state index contributed by atoms with van der Waals surface area (Å²) in [6, 6.07) is 35.8. The Morgan fingerprint density at radius 1 is 0.855 bits per heavy atom. The van der Waals surface area contributed by atoms with Crippen LogP contribution in [0.5, 0.6) is 0 Å². The van der Waals surface area contributed by atoms with Crippen LogP contribution in [0.3, 0.4) is 0 Å². The Balaban J connectivity index is 0.932. The van der Waals surface area contributed by atoms with Gasteiger partial charge in [-0.3, -0.25) is 19.7 Å². The molecule has 3 heterocycles. The summed E-state index contributed by atoms with van der Waals surface area (Å²) in [7, 11) is -4.29. The van der Waals surface area contributed by atoms with Crippen LogP contribution < -0.4 is 14.9 Å². The third-order valence-corrected chi connectivity index (χ3v) is 14.3. The minimum atomic E-state index is -4.29. The molecule has 322 valence electrons. The van der Waals surface area contributed by atoms with Gasteiger partial charge in [-0.25, -0.2) is 18.4 Å². The number of nitro groups is 1. The van der Waals surface area contributed by atoms with Gasteiger partial charge in [0.25, 0.3) is 15.7 Å². The van der Waals surface area contributed by atoms with E-state index in [1.54, 1.807) is 11.8 Å². The largest absolute Gasteiger partial charge is 0.393 e. The van der Waals surface area contributed by atoms with E-state index in [0.29, 0.717) is 28.1 Å². The minimum Gasteiger partial charge on any atom is -0.393 e. The highest BCUT2D eigenvalue weighted by Gasteiger charge is 2.26. The smallest absolute Gasteiger partial charge is 0.293 e. The second-order valence-corrected chi connectivity index (χ2v) is 18.9. The number of rotatable bonds is 16. The van der Waals surface area contributed by atoms with E-state index in [9.17, 15) is 23.6 Å². The molecule has 8 rings (SSSR count). The number of aliphatic hydroxyl groups excluding tert-OH is 1. The van der Waals surface area contributed by atoms with Crippen LogP contribution in [0.25, 0.3) is 22.0 Å². The maximum atomic E-state index is 13.8. The van der Waals surface area contributed by atoms with Crippen molar-refractivity contribution in [3.8, 4) is 11.1 Å². The molecule has 1 aromatic heterocycles. The topological polar surface area (TPSA) is 157 Å². The third kappa shape index (κ3) is 10.8. The fourth-order valence-corrected chi connectivity index (χ4v) is 10.2. The normalized spacial score (nSPS) is 16.0. The van der Waals surface area contributed by atoms with Crippen molar-refractivity contribution in [3.63, 3.8) is 0 Å². The van der Waals surface area contributed by atoms with Gasteiger partial charge in [0.1, 0.15) is 12.0 Å². The van der Waals surface area contributed by atoms with Crippen LogP contribution in [0, 0.1) is 10.1 Å². The van der Waals surface area contributed by atoms with Crippen LogP contribution >= 0.6 is 23.4 Å². The molecule has 3 N–H and O–H groups in total. The average Bonchev–Trinajstić information content (AvgIpc) is 3.29. The molecule has 62 heavy (non-hydrogen) atoms. The molecule has 0 bridgehead atoms. The molecule has 5 aromatic carbocycles. The summed E-state index contributed by atoms with van der Waals surface area (Å²) < 4.78 is 30.3. The number of aromatic nitrogens is 2. The first-order valence-corrected chi connectivity index (χ1v) is 23.6. The number of anilines is 3.